The Balaban J connectivity index is 1.75. The van der Waals surface area contributed by atoms with Gasteiger partial charge in [0, 0.05) is 11.8 Å². The smallest absolute Gasteiger partial charge is 0.354 e. The number of carbonyl (C=O) groups is 2. The second kappa shape index (κ2) is 6.96. The van der Waals surface area contributed by atoms with Crippen LogP contribution in [-0.4, -0.2) is 27.1 Å². The minimum atomic E-state index is -1.11. The highest BCUT2D eigenvalue weighted by Crippen LogP contribution is 2.30. The molecule has 0 saturated carbocycles. The normalized spacial score (nSPS) is 10.4. The first kappa shape index (κ1) is 16.4. The van der Waals surface area contributed by atoms with Crippen molar-refractivity contribution in [1.29, 1.82) is 0 Å². The van der Waals surface area contributed by atoms with Crippen LogP contribution < -0.4 is 5.32 Å². The summed E-state index contributed by atoms with van der Waals surface area (Å²) in [7, 11) is 0. The van der Waals surface area contributed by atoms with Gasteiger partial charge in [-0.3, -0.25) is 4.79 Å². The molecule has 0 fully saturated rings. The lowest BCUT2D eigenvalue weighted by Crippen LogP contribution is -2.15. The molecule has 0 bridgehead atoms. The molecule has 3 rings (SSSR count). The summed E-state index contributed by atoms with van der Waals surface area (Å²) in [5.41, 5.74) is 2.45. The summed E-state index contributed by atoms with van der Waals surface area (Å²) in [6, 6.07) is 12.3. The zero-order valence-electron chi connectivity index (χ0n) is 13.4. The SMILES string of the molecule is Cc1noc(-c2ccccc2)c1NC(=O)Cc1ccc(C(=O)O)nc1. The monoisotopic (exact) mass is 337 g/mol. The van der Waals surface area contributed by atoms with Crippen LogP contribution in [0.1, 0.15) is 21.7 Å². The Labute approximate surface area is 143 Å². The van der Waals surface area contributed by atoms with Gasteiger partial charge in [-0.1, -0.05) is 41.6 Å². The number of anilines is 1. The second-order valence-corrected chi connectivity index (χ2v) is 5.42. The van der Waals surface area contributed by atoms with E-state index in [1.807, 2.05) is 30.3 Å². The largest absolute Gasteiger partial charge is 0.477 e. The molecule has 0 saturated heterocycles. The van der Waals surface area contributed by atoms with Crippen LogP contribution in [0.15, 0.2) is 53.2 Å². The van der Waals surface area contributed by atoms with Gasteiger partial charge in [0.05, 0.1) is 6.42 Å². The minimum absolute atomic E-state index is 0.0613. The maximum atomic E-state index is 12.3. The van der Waals surface area contributed by atoms with Gasteiger partial charge in [0.15, 0.2) is 5.76 Å². The van der Waals surface area contributed by atoms with Gasteiger partial charge in [-0.15, -0.1) is 0 Å². The number of pyridine rings is 1. The third-order valence-corrected chi connectivity index (χ3v) is 3.57. The number of carboxylic acids is 1. The van der Waals surface area contributed by atoms with E-state index < -0.39 is 5.97 Å². The number of nitrogens with one attached hydrogen (secondary N) is 1. The van der Waals surface area contributed by atoms with Crippen molar-refractivity contribution in [2.45, 2.75) is 13.3 Å². The first-order chi connectivity index (χ1) is 12.0. The summed E-state index contributed by atoms with van der Waals surface area (Å²) in [5, 5.41) is 15.6. The maximum absolute atomic E-state index is 12.3. The van der Waals surface area contributed by atoms with Gasteiger partial charge in [0.1, 0.15) is 17.1 Å². The molecule has 0 spiro atoms. The first-order valence-electron chi connectivity index (χ1n) is 7.54. The number of benzene rings is 1. The van der Waals surface area contributed by atoms with E-state index in [9.17, 15) is 9.59 Å². The molecule has 1 aromatic carbocycles. The Bertz CT molecular complexity index is 902. The van der Waals surface area contributed by atoms with E-state index in [0.717, 1.165) is 5.56 Å². The molecule has 2 aromatic heterocycles. The predicted octanol–water partition coefficient (Wildman–Crippen LogP) is 2.92. The fourth-order valence-electron chi connectivity index (χ4n) is 2.33. The Morgan fingerprint density at radius 2 is 1.92 bits per heavy atom. The topological polar surface area (TPSA) is 105 Å². The number of carbonyl (C=O) groups excluding carboxylic acids is 1. The van der Waals surface area contributed by atoms with Crippen LogP contribution in [0.4, 0.5) is 5.69 Å². The molecule has 3 aromatic rings. The second-order valence-electron chi connectivity index (χ2n) is 5.42. The number of aryl methyl sites for hydroxylation is 1. The molecule has 7 nitrogen and oxygen atoms in total. The van der Waals surface area contributed by atoms with Crippen molar-refractivity contribution < 1.29 is 19.2 Å². The van der Waals surface area contributed by atoms with Gasteiger partial charge in [-0.05, 0) is 18.6 Å². The van der Waals surface area contributed by atoms with Gasteiger partial charge in [-0.2, -0.15) is 0 Å². The van der Waals surface area contributed by atoms with Crippen LogP contribution in [0.25, 0.3) is 11.3 Å². The van der Waals surface area contributed by atoms with Crippen molar-refractivity contribution >= 4 is 17.6 Å². The number of nitrogens with zero attached hydrogens (tertiary/aromatic N) is 2. The summed E-state index contributed by atoms with van der Waals surface area (Å²) < 4.78 is 5.33. The molecule has 2 N–H and O–H groups in total. The highest BCUT2D eigenvalue weighted by molar-refractivity contribution is 5.96. The summed E-state index contributed by atoms with van der Waals surface area (Å²) in [4.78, 5) is 26.9. The number of amides is 1. The van der Waals surface area contributed by atoms with Gasteiger partial charge in [0.25, 0.3) is 0 Å². The maximum Gasteiger partial charge on any atom is 0.354 e. The van der Waals surface area contributed by atoms with E-state index in [-0.39, 0.29) is 18.0 Å². The van der Waals surface area contributed by atoms with Crippen molar-refractivity contribution in [3.63, 3.8) is 0 Å². The molecule has 2 heterocycles. The summed E-state index contributed by atoms with van der Waals surface area (Å²) in [6.07, 6.45) is 1.44. The number of hydrogen-bond donors (Lipinski definition) is 2. The molecule has 25 heavy (non-hydrogen) atoms. The Hall–Kier alpha value is -3.48. The van der Waals surface area contributed by atoms with Gasteiger partial charge >= 0.3 is 5.97 Å². The fourth-order valence-corrected chi connectivity index (χ4v) is 2.33. The van der Waals surface area contributed by atoms with Gasteiger partial charge in [0.2, 0.25) is 5.91 Å². The number of hydrogen-bond acceptors (Lipinski definition) is 5. The van der Waals surface area contributed by atoms with E-state index in [2.05, 4.69) is 15.5 Å². The zero-order chi connectivity index (χ0) is 17.8. The Morgan fingerprint density at radius 1 is 1.16 bits per heavy atom. The van der Waals surface area contributed by atoms with Crippen LogP contribution >= 0.6 is 0 Å². The molecule has 0 atom stereocenters. The van der Waals surface area contributed by atoms with Crippen LogP contribution in [0.3, 0.4) is 0 Å². The number of aromatic nitrogens is 2. The third kappa shape index (κ3) is 3.72. The van der Waals surface area contributed by atoms with Gasteiger partial charge in [-0.25, -0.2) is 9.78 Å². The average Bonchev–Trinajstić information content (AvgIpc) is 2.97. The quantitative estimate of drug-likeness (QED) is 0.741. The minimum Gasteiger partial charge on any atom is -0.477 e. The highest BCUT2D eigenvalue weighted by Gasteiger charge is 2.17. The van der Waals surface area contributed by atoms with E-state index in [1.54, 1.807) is 13.0 Å². The lowest BCUT2D eigenvalue weighted by molar-refractivity contribution is -0.115. The predicted molar refractivity (Wildman–Crippen MR) is 90.2 cm³/mol. The Kier molecular flexibility index (Phi) is 4.56. The van der Waals surface area contributed by atoms with Crippen molar-refractivity contribution in [2.24, 2.45) is 0 Å². The molecule has 1 amide bonds. The van der Waals surface area contributed by atoms with Crippen molar-refractivity contribution in [3.8, 4) is 11.3 Å². The van der Waals surface area contributed by atoms with Crippen molar-refractivity contribution in [1.82, 2.24) is 10.1 Å². The molecule has 0 aliphatic carbocycles. The van der Waals surface area contributed by atoms with Crippen LogP contribution in [-0.2, 0) is 11.2 Å². The summed E-state index contributed by atoms with van der Waals surface area (Å²) in [5.74, 6) is -0.886. The van der Waals surface area contributed by atoms with E-state index in [4.69, 9.17) is 9.63 Å². The van der Waals surface area contributed by atoms with E-state index in [1.165, 1.54) is 12.3 Å². The molecule has 0 aliphatic rings. The van der Waals surface area contributed by atoms with E-state index in [0.29, 0.717) is 22.7 Å². The summed E-state index contributed by atoms with van der Waals surface area (Å²) >= 11 is 0. The highest BCUT2D eigenvalue weighted by atomic mass is 16.5. The van der Waals surface area contributed by atoms with Crippen LogP contribution in [0.2, 0.25) is 0 Å². The molecule has 7 heteroatoms. The molecule has 0 radical (unpaired) electrons. The molecular formula is C18H15N3O4. The molecule has 126 valence electrons. The molecular weight excluding hydrogens is 322 g/mol. The van der Waals surface area contributed by atoms with Crippen LogP contribution in [0.5, 0.6) is 0 Å². The zero-order valence-corrected chi connectivity index (χ0v) is 13.4. The lowest BCUT2D eigenvalue weighted by atomic mass is 10.1. The molecule has 0 unspecified atom stereocenters. The standard InChI is InChI=1S/C18H15N3O4/c1-11-16(17(25-21-11)13-5-3-2-4-6-13)20-15(22)9-12-7-8-14(18(23)24)19-10-12/h2-8,10H,9H2,1H3,(H,20,22)(H,23,24). The summed E-state index contributed by atoms with van der Waals surface area (Å²) in [6.45, 7) is 1.74. The third-order valence-electron chi connectivity index (χ3n) is 3.57. The number of carboxylic acid groups (broad SMARTS) is 1. The average molecular weight is 337 g/mol. The molecule has 0 aliphatic heterocycles. The first-order valence-corrected chi connectivity index (χ1v) is 7.54. The number of rotatable bonds is 5. The number of aromatic carboxylic acids is 1. The van der Waals surface area contributed by atoms with Crippen LogP contribution in [0, 0.1) is 6.92 Å². The Morgan fingerprint density at radius 3 is 2.56 bits per heavy atom. The van der Waals surface area contributed by atoms with E-state index >= 15 is 0 Å². The van der Waals surface area contributed by atoms with Crippen molar-refractivity contribution in [3.05, 3.63) is 65.6 Å². The lowest BCUT2D eigenvalue weighted by Gasteiger charge is -2.06. The van der Waals surface area contributed by atoms with Gasteiger partial charge < -0.3 is 14.9 Å². The fraction of sp³-hybridized carbons (Fsp3) is 0.111. The van der Waals surface area contributed by atoms with Crippen molar-refractivity contribution in [2.75, 3.05) is 5.32 Å².